The van der Waals surface area contributed by atoms with Crippen LogP contribution >= 0.6 is 0 Å². The number of amides is 1. The van der Waals surface area contributed by atoms with Gasteiger partial charge in [-0.1, -0.05) is 11.2 Å². The van der Waals surface area contributed by atoms with Gasteiger partial charge < -0.3 is 14.6 Å². The quantitative estimate of drug-likeness (QED) is 0.530. The number of ether oxygens (including phenoxy) is 1. The molecular formula is C22H16FN3O3. The molecule has 6 nitrogen and oxygen atoms in total. The summed E-state index contributed by atoms with van der Waals surface area (Å²) in [6.45, 7) is 0. The van der Waals surface area contributed by atoms with E-state index in [-0.39, 0.29) is 11.7 Å². The van der Waals surface area contributed by atoms with E-state index in [1.807, 2.05) is 0 Å². The molecule has 0 aliphatic heterocycles. The first-order valence-corrected chi connectivity index (χ1v) is 8.78. The van der Waals surface area contributed by atoms with Crippen LogP contribution < -0.4 is 10.1 Å². The van der Waals surface area contributed by atoms with Crippen LogP contribution in [0.5, 0.6) is 5.75 Å². The molecule has 3 aromatic carbocycles. The third-order valence-corrected chi connectivity index (χ3v) is 4.25. The molecule has 0 saturated carbocycles. The molecule has 1 aromatic heterocycles. The zero-order valence-corrected chi connectivity index (χ0v) is 15.4. The van der Waals surface area contributed by atoms with E-state index in [2.05, 4.69) is 15.5 Å². The van der Waals surface area contributed by atoms with Crippen molar-refractivity contribution in [3.63, 3.8) is 0 Å². The number of methoxy groups -OCH3 is 1. The second-order valence-electron chi connectivity index (χ2n) is 6.19. The summed E-state index contributed by atoms with van der Waals surface area (Å²) in [5, 5.41) is 6.74. The number of nitrogens with zero attached hydrogens (tertiary/aromatic N) is 2. The molecule has 0 saturated heterocycles. The van der Waals surface area contributed by atoms with Gasteiger partial charge in [-0.3, -0.25) is 4.79 Å². The number of benzene rings is 3. The molecule has 0 fully saturated rings. The minimum Gasteiger partial charge on any atom is -0.497 e. The lowest BCUT2D eigenvalue weighted by Gasteiger charge is -2.07. The van der Waals surface area contributed by atoms with E-state index in [0.717, 1.165) is 0 Å². The van der Waals surface area contributed by atoms with Crippen LogP contribution in [0.4, 0.5) is 10.1 Å². The minimum atomic E-state index is -0.333. The fraction of sp³-hybridized carbons (Fsp3) is 0.0455. The summed E-state index contributed by atoms with van der Waals surface area (Å²) in [6.07, 6.45) is 0. The lowest BCUT2D eigenvalue weighted by atomic mass is 10.1. The Morgan fingerprint density at radius 3 is 2.45 bits per heavy atom. The number of rotatable bonds is 5. The molecule has 0 aliphatic rings. The fourth-order valence-electron chi connectivity index (χ4n) is 2.73. The largest absolute Gasteiger partial charge is 0.497 e. The van der Waals surface area contributed by atoms with E-state index >= 15 is 0 Å². The number of halogens is 1. The first kappa shape index (κ1) is 18.4. The monoisotopic (exact) mass is 389 g/mol. The van der Waals surface area contributed by atoms with Crippen LogP contribution in [0.3, 0.4) is 0 Å². The number of aromatic nitrogens is 2. The topological polar surface area (TPSA) is 77.2 Å². The van der Waals surface area contributed by atoms with E-state index in [4.69, 9.17) is 9.26 Å². The first-order valence-electron chi connectivity index (χ1n) is 8.78. The Balaban J connectivity index is 1.49. The molecule has 0 unspecified atom stereocenters. The number of carbonyl (C=O) groups is 1. The number of carbonyl (C=O) groups excluding carboxylic acids is 1. The van der Waals surface area contributed by atoms with Gasteiger partial charge in [-0.05, 0) is 60.7 Å². The fourth-order valence-corrected chi connectivity index (χ4v) is 2.73. The molecule has 0 radical (unpaired) electrons. The van der Waals surface area contributed by atoms with Crippen molar-refractivity contribution in [1.82, 2.24) is 10.1 Å². The number of anilines is 1. The molecule has 0 aliphatic carbocycles. The predicted molar refractivity (Wildman–Crippen MR) is 106 cm³/mol. The predicted octanol–water partition coefficient (Wildman–Crippen LogP) is 4.80. The Kier molecular flexibility index (Phi) is 5.03. The molecule has 144 valence electrons. The van der Waals surface area contributed by atoms with Crippen molar-refractivity contribution in [3.05, 3.63) is 84.2 Å². The maximum atomic E-state index is 13.0. The minimum absolute atomic E-state index is 0.248. The molecule has 7 heteroatoms. The lowest BCUT2D eigenvalue weighted by molar-refractivity contribution is 0.102. The average molecular weight is 389 g/mol. The highest BCUT2D eigenvalue weighted by Crippen LogP contribution is 2.23. The van der Waals surface area contributed by atoms with Crippen LogP contribution in [0.25, 0.3) is 22.8 Å². The van der Waals surface area contributed by atoms with E-state index in [1.165, 1.54) is 12.1 Å². The highest BCUT2D eigenvalue weighted by atomic mass is 19.1. The van der Waals surface area contributed by atoms with Crippen LogP contribution in [-0.4, -0.2) is 23.2 Å². The summed E-state index contributed by atoms with van der Waals surface area (Å²) in [7, 11) is 1.57. The van der Waals surface area contributed by atoms with Gasteiger partial charge in [0.25, 0.3) is 11.8 Å². The first-order chi connectivity index (χ1) is 14.1. The highest BCUT2D eigenvalue weighted by Gasteiger charge is 2.12. The average Bonchev–Trinajstić information content (AvgIpc) is 3.25. The van der Waals surface area contributed by atoms with Gasteiger partial charge in [0.2, 0.25) is 5.82 Å². The molecule has 1 N–H and O–H groups in total. The van der Waals surface area contributed by atoms with E-state index in [0.29, 0.717) is 39.8 Å². The summed E-state index contributed by atoms with van der Waals surface area (Å²) in [5.41, 5.74) is 2.44. The third kappa shape index (κ3) is 4.14. The molecule has 4 aromatic rings. The summed E-state index contributed by atoms with van der Waals surface area (Å²) in [4.78, 5) is 16.8. The Labute approximate surface area is 166 Å². The Morgan fingerprint density at radius 2 is 1.72 bits per heavy atom. The van der Waals surface area contributed by atoms with Crippen LogP contribution in [0.1, 0.15) is 10.4 Å². The number of hydrogen-bond acceptors (Lipinski definition) is 5. The van der Waals surface area contributed by atoms with E-state index < -0.39 is 0 Å². The van der Waals surface area contributed by atoms with E-state index in [1.54, 1.807) is 67.8 Å². The van der Waals surface area contributed by atoms with Crippen LogP contribution in [-0.2, 0) is 0 Å². The second-order valence-corrected chi connectivity index (χ2v) is 6.19. The SMILES string of the molecule is COc1cccc(NC(=O)c2ccc(-c3nc(-c4ccc(F)cc4)no3)cc2)c1. The molecule has 1 heterocycles. The standard InChI is InChI=1S/C22H16FN3O3/c1-28-19-4-2-3-18(13-19)24-21(27)15-5-7-16(8-6-15)22-25-20(26-29-22)14-9-11-17(23)12-10-14/h2-13H,1H3,(H,24,27). The molecule has 0 atom stereocenters. The van der Waals surface area contributed by atoms with Gasteiger partial charge in [0, 0.05) is 28.4 Å². The lowest BCUT2D eigenvalue weighted by Crippen LogP contribution is -2.11. The third-order valence-electron chi connectivity index (χ3n) is 4.25. The number of hydrogen-bond donors (Lipinski definition) is 1. The Hall–Kier alpha value is -4.00. The Morgan fingerprint density at radius 1 is 1.00 bits per heavy atom. The normalized spacial score (nSPS) is 10.6. The Bertz CT molecular complexity index is 1140. The van der Waals surface area contributed by atoms with Crippen molar-refractivity contribution < 1.29 is 18.4 Å². The van der Waals surface area contributed by atoms with Gasteiger partial charge >= 0.3 is 0 Å². The van der Waals surface area contributed by atoms with Crippen molar-refractivity contribution in [2.75, 3.05) is 12.4 Å². The molecular weight excluding hydrogens is 373 g/mol. The van der Waals surface area contributed by atoms with Gasteiger partial charge in [0.05, 0.1) is 7.11 Å². The summed E-state index contributed by atoms with van der Waals surface area (Å²) in [6, 6.07) is 19.7. The molecule has 0 spiro atoms. The van der Waals surface area contributed by atoms with Gasteiger partial charge in [-0.2, -0.15) is 4.98 Å². The van der Waals surface area contributed by atoms with Crippen LogP contribution in [0.15, 0.2) is 77.3 Å². The molecule has 29 heavy (non-hydrogen) atoms. The van der Waals surface area contributed by atoms with Gasteiger partial charge in [0.15, 0.2) is 0 Å². The van der Waals surface area contributed by atoms with Crippen LogP contribution in [0.2, 0.25) is 0 Å². The van der Waals surface area contributed by atoms with Gasteiger partial charge in [-0.15, -0.1) is 0 Å². The van der Waals surface area contributed by atoms with Crippen LogP contribution in [0, 0.1) is 5.82 Å². The zero-order chi connectivity index (χ0) is 20.2. The van der Waals surface area contributed by atoms with Crippen molar-refractivity contribution in [3.8, 4) is 28.6 Å². The van der Waals surface area contributed by atoms with Crippen molar-refractivity contribution in [2.24, 2.45) is 0 Å². The maximum absolute atomic E-state index is 13.0. The number of nitrogens with one attached hydrogen (secondary N) is 1. The van der Waals surface area contributed by atoms with Gasteiger partial charge in [0.1, 0.15) is 11.6 Å². The molecule has 4 rings (SSSR count). The van der Waals surface area contributed by atoms with Crippen molar-refractivity contribution >= 4 is 11.6 Å². The summed E-state index contributed by atoms with van der Waals surface area (Å²) < 4.78 is 23.5. The smallest absolute Gasteiger partial charge is 0.258 e. The van der Waals surface area contributed by atoms with Gasteiger partial charge in [-0.25, -0.2) is 4.39 Å². The summed E-state index contributed by atoms with van der Waals surface area (Å²) in [5.74, 6) is 0.748. The van der Waals surface area contributed by atoms with E-state index in [9.17, 15) is 9.18 Å². The van der Waals surface area contributed by atoms with Crippen molar-refractivity contribution in [2.45, 2.75) is 0 Å². The zero-order valence-electron chi connectivity index (χ0n) is 15.4. The summed E-state index contributed by atoms with van der Waals surface area (Å²) >= 11 is 0. The second kappa shape index (κ2) is 7.93. The maximum Gasteiger partial charge on any atom is 0.258 e. The molecule has 1 amide bonds. The van der Waals surface area contributed by atoms with Crippen molar-refractivity contribution in [1.29, 1.82) is 0 Å². The highest BCUT2D eigenvalue weighted by molar-refractivity contribution is 6.04. The molecule has 0 bridgehead atoms.